The lowest BCUT2D eigenvalue weighted by atomic mass is 9.79. The Balaban J connectivity index is 1.69. The topological polar surface area (TPSA) is 35.5 Å². The summed E-state index contributed by atoms with van der Waals surface area (Å²) in [6.45, 7) is 1.90. The van der Waals surface area contributed by atoms with Gasteiger partial charge < -0.3 is 9.47 Å². The third-order valence-electron chi connectivity index (χ3n) is 6.89. The maximum absolute atomic E-state index is 13.4. The molecule has 5 rings (SSSR count). The van der Waals surface area contributed by atoms with E-state index in [0.717, 1.165) is 29.5 Å². The van der Waals surface area contributed by atoms with Crippen molar-refractivity contribution >= 4 is 5.97 Å². The first-order chi connectivity index (χ1) is 17.6. The first-order valence-electron chi connectivity index (χ1n) is 12.4. The van der Waals surface area contributed by atoms with Gasteiger partial charge in [-0.15, -0.1) is 0 Å². The van der Waals surface area contributed by atoms with Crippen LogP contribution in [0.4, 0.5) is 0 Å². The van der Waals surface area contributed by atoms with Gasteiger partial charge in [-0.2, -0.15) is 0 Å². The molecule has 0 radical (unpaired) electrons. The van der Waals surface area contributed by atoms with E-state index in [1.807, 2.05) is 79.7 Å². The minimum Gasteiger partial charge on any atom is -0.429 e. The van der Waals surface area contributed by atoms with E-state index in [0.29, 0.717) is 5.56 Å². The fourth-order valence-corrected chi connectivity index (χ4v) is 5.06. The molecule has 3 heteroatoms. The lowest BCUT2D eigenvalue weighted by molar-refractivity contribution is -0.256. The highest BCUT2D eigenvalue weighted by Crippen LogP contribution is 2.47. The van der Waals surface area contributed by atoms with Crippen LogP contribution in [-0.4, -0.2) is 11.8 Å². The van der Waals surface area contributed by atoms with E-state index >= 15 is 0 Å². The zero-order valence-electron chi connectivity index (χ0n) is 20.4. The molecule has 4 aromatic carbocycles. The maximum Gasteiger partial charge on any atom is 0.340 e. The van der Waals surface area contributed by atoms with Crippen molar-refractivity contribution in [2.24, 2.45) is 5.92 Å². The molecule has 0 spiro atoms. The second-order valence-electron chi connectivity index (χ2n) is 9.26. The fraction of sp³-hybridized carbons (Fsp3) is 0.182. The van der Waals surface area contributed by atoms with E-state index < -0.39 is 17.4 Å². The molecule has 2 atom stereocenters. The standard InChI is InChI=1S/C33H30O3/c1-32(27-18-14-15-19-27,35-31(34)26-16-6-2-7-17-26)36-33(28-20-8-3-9-21-28,29-22-10-4-11-23-29)30-24-12-5-13-25-30/h2-14,16-18,20-25,27H,15,19H2,1H3. The van der Waals surface area contributed by atoms with Crippen LogP contribution in [0.25, 0.3) is 0 Å². The van der Waals surface area contributed by atoms with Crippen LogP contribution in [0.2, 0.25) is 0 Å². The molecule has 1 aliphatic rings. The number of hydrogen-bond donors (Lipinski definition) is 0. The van der Waals surface area contributed by atoms with Gasteiger partial charge in [0.2, 0.25) is 5.79 Å². The third-order valence-corrected chi connectivity index (χ3v) is 6.89. The highest BCUT2D eigenvalue weighted by Gasteiger charge is 2.49. The summed E-state index contributed by atoms with van der Waals surface area (Å²) < 4.78 is 13.6. The molecule has 180 valence electrons. The van der Waals surface area contributed by atoms with Crippen LogP contribution in [0, 0.1) is 5.92 Å². The molecule has 36 heavy (non-hydrogen) atoms. The number of ether oxygens (including phenoxy) is 2. The van der Waals surface area contributed by atoms with Crippen LogP contribution >= 0.6 is 0 Å². The zero-order valence-corrected chi connectivity index (χ0v) is 20.4. The van der Waals surface area contributed by atoms with Gasteiger partial charge in [0, 0.05) is 12.8 Å². The maximum atomic E-state index is 13.4. The van der Waals surface area contributed by atoms with Gasteiger partial charge in [-0.25, -0.2) is 4.79 Å². The van der Waals surface area contributed by atoms with E-state index in [-0.39, 0.29) is 5.92 Å². The predicted octanol–water partition coefficient (Wildman–Crippen LogP) is 7.53. The van der Waals surface area contributed by atoms with Gasteiger partial charge in [-0.1, -0.05) is 121 Å². The van der Waals surface area contributed by atoms with Crippen molar-refractivity contribution in [1.82, 2.24) is 0 Å². The fourth-order valence-electron chi connectivity index (χ4n) is 5.06. The number of benzene rings is 4. The number of hydrogen-bond acceptors (Lipinski definition) is 3. The zero-order chi connectivity index (χ0) is 24.8. The summed E-state index contributed by atoms with van der Waals surface area (Å²) in [7, 11) is 0. The first-order valence-corrected chi connectivity index (χ1v) is 12.4. The average Bonchev–Trinajstić information content (AvgIpc) is 3.50. The molecule has 0 saturated heterocycles. The van der Waals surface area contributed by atoms with Crippen molar-refractivity contribution in [2.75, 3.05) is 0 Å². The third kappa shape index (κ3) is 4.62. The van der Waals surface area contributed by atoms with Gasteiger partial charge >= 0.3 is 5.97 Å². The van der Waals surface area contributed by atoms with Crippen LogP contribution in [0.3, 0.4) is 0 Å². The molecular weight excluding hydrogens is 444 g/mol. The Hall–Kier alpha value is -3.95. The highest BCUT2D eigenvalue weighted by molar-refractivity contribution is 5.89. The summed E-state index contributed by atoms with van der Waals surface area (Å²) in [5, 5.41) is 0. The Kier molecular flexibility index (Phi) is 6.84. The van der Waals surface area contributed by atoms with Gasteiger partial charge in [0.15, 0.2) is 0 Å². The van der Waals surface area contributed by atoms with Gasteiger partial charge in [-0.3, -0.25) is 0 Å². The van der Waals surface area contributed by atoms with Crippen LogP contribution in [0.1, 0.15) is 46.8 Å². The van der Waals surface area contributed by atoms with Crippen LogP contribution < -0.4 is 0 Å². The van der Waals surface area contributed by atoms with Gasteiger partial charge in [0.05, 0.1) is 5.56 Å². The summed E-state index contributed by atoms with van der Waals surface area (Å²) in [5.41, 5.74) is 2.38. The van der Waals surface area contributed by atoms with E-state index in [9.17, 15) is 4.79 Å². The summed E-state index contributed by atoms with van der Waals surface area (Å²) in [6.07, 6.45) is 6.01. The second-order valence-corrected chi connectivity index (χ2v) is 9.26. The molecule has 0 amide bonds. The highest BCUT2D eigenvalue weighted by atomic mass is 16.7. The first kappa shape index (κ1) is 23.8. The minimum atomic E-state index is -1.23. The van der Waals surface area contributed by atoms with Crippen LogP contribution in [-0.2, 0) is 15.1 Å². The summed E-state index contributed by atoms with van der Waals surface area (Å²) >= 11 is 0. The monoisotopic (exact) mass is 474 g/mol. The van der Waals surface area contributed by atoms with E-state index in [4.69, 9.17) is 9.47 Å². The van der Waals surface area contributed by atoms with Crippen molar-refractivity contribution in [2.45, 2.75) is 31.2 Å². The molecule has 0 heterocycles. The largest absolute Gasteiger partial charge is 0.429 e. The smallest absolute Gasteiger partial charge is 0.340 e. The molecule has 0 fully saturated rings. The SMILES string of the molecule is CC(OC(=O)c1ccccc1)(OC(c1ccccc1)(c1ccccc1)c1ccccc1)C1C=CCC1. The minimum absolute atomic E-state index is 0.0966. The Morgan fingerprint density at radius 1 is 0.694 bits per heavy atom. The lowest BCUT2D eigenvalue weighted by Crippen LogP contribution is -2.49. The molecule has 0 aliphatic heterocycles. The van der Waals surface area contributed by atoms with E-state index in [2.05, 4.69) is 48.6 Å². The summed E-state index contributed by atoms with van der Waals surface area (Å²) in [5.74, 6) is -1.73. The normalized spacial score (nSPS) is 16.9. The predicted molar refractivity (Wildman–Crippen MR) is 142 cm³/mol. The van der Waals surface area contributed by atoms with Crippen molar-refractivity contribution < 1.29 is 14.3 Å². The molecule has 0 bridgehead atoms. The van der Waals surface area contributed by atoms with Crippen molar-refractivity contribution in [3.8, 4) is 0 Å². The Bertz CT molecular complexity index is 1200. The number of rotatable bonds is 8. The summed E-state index contributed by atoms with van der Waals surface area (Å²) in [4.78, 5) is 13.4. The Morgan fingerprint density at radius 3 is 1.56 bits per heavy atom. The molecule has 4 aromatic rings. The van der Waals surface area contributed by atoms with Crippen LogP contribution in [0.5, 0.6) is 0 Å². The Morgan fingerprint density at radius 2 is 1.14 bits per heavy atom. The molecule has 2 unspecified atom stereocenters. The van der Waals surface area contributed by atoms with Crippen molar-refractivity contribution in [3.63, 3.8) is 0 Å². The number of esters is 1. The van der Waals surface area contributed by atoms with Crippen molar-refractivity contribution in [3.05, 3.63) is 156 Å². The van der Waals surface area contributed by atoms with E-state index in [1.165, 1.54) is 0 Å². The number of carbonyl (C=O) groups excluding carboxylic acids is 1. The van der Waals surface area contributed by atoms with E-state index in [1.54, 1.807) is 12.1 Å². The average molecular weight is 475 g/mol. The quantitative estimate of drug-likeness (QED) is 0.115. The second kappa shape index (κ2) is 10.3. The molecule has 1 aliphatic carbocycles. The van der Waals surface area contributed by atoms with Crippen molar-refractivity contribution in [1.29, 1.82) is 0 Å². The van der Waals surface area contributed by atoms with Gasteiger partial charge in [0.25, 0.3) is 0 Å². The summed E-state index contributed by atoms with van der Waals surface area (Å²) in [6, 6.07) is 39.6. The number of allylic oxidation sites excluding steroid dienone is 1. The van der Waals surface area contributed by atoms with Gasteiger partial charge in [-0.05, 0) is 41.7 Å². The molecule has 0 N–H and O–H groups in total. The molecule has 0 aromatic heterocycles. The molecular formula is C33H30O3. The number of carbonyl (C=O) groups is 1. The van der Waals surface area contributed by atoms with Crippen LogP contribution in [0.15, 0.2) is 133 Å². The lowest BCUT2D eigenvalue weighted by Gasteiger charge is -2.45. The Labute approximate surface area is 213 Å². The molecule has 0 saturated carbocycles. The molecule has 3 nitrogen and oxygen atoms in total. The van der Waals surface area contributed by atoms with Gasteiger partial charge in [0.1, 0.15) is 5.60 Å².